The van der Waals surface area contributed by atoms with Crippen LogP contribution in [0.5, 0.6) is 0 Å². The van der Waals surface area contributed by atoms with Gasteiger partial charge in [-0.05, 0) is 17.7 Å². The van der Waals surface area contributed by atoms with E-state index < -0.39 is 29.3 Å². The Morgan fingerprint density at radius 3 is 2.62 bits per heavy atom. The Balaban J connectivity index is 1.88. The zero-order chi connectivity index (χ0) is 17.7. The third kappa shape index (κ3) is 4.42. The van der Waals surface area contributed by atoms with E-state index in [2.05, 4.69) is 15.9 Å². The zero-order valence-electron chi connectivity index (χ0n) is 12.6. The van der Waals surface area contributed by atoms with Crippen LogP contribution < -0.4 is 0 Å². The van der Waals surface area contributed by atoms with Crippen LogP contribution in [0.25, 0.3) is 0 Å². The Labute approximate surface area is 145 Å². The van der Waals surface area contributed by atoms with Crippen molar-refractivity contribution in [1.29, 1.82) is 0 Å². The second-order valence-electron chi connectivity index (χ2n) is 4.81. The van der Waals surface area contributed by atoms with Crippen LogP contribution in [0.1, 0.15) is 16.1 Å². The van der Waals surface area contributed by atoms with Gasteiger partial charge in [-0.1, -0.05) is 34.1 Å². The summed E-state index contributed by atoms with van der Waals surface area (Å²) >= 11 is 3.39. The lowest BCUT2D eigenvalue weighted by Gasteiger charge is -2.17. The van der Waals surface area contributed by atoms with Gasteiger partial charge in [0.15, 0.2) is 6.61 Å². The van der Waals surface area contributed by atoms with Crippen molar-refractivity contribution in [2.45, 2.75) is 6.54 Å². The first kappa shape index (κ1) is 17.7. The predicted octanol–water partition coefficient (Wildman–Crippen LogP) is 2.77. The van der Waals surface area contributed by atoms with E-state index in [9.17, 15) is 19.7 Å². The fourth-order valence-corrected chi connectivity index (χ4v) is 2.22. The summed E-state index contributed by atoms with van der Waals surface area (Å²) in [5.41, 5.74) is 0.904. The Morgan fingerprint density at radius 1 is 1.29 bits per heavy atom. The Kier molecular flexibility index (Phi) is 5.69. The maximum atomic E-state index is 12.0. The van der Waals surface area contributed by atoms with Crippen LogP contribution in [0.2, 0.25) is 0 Å². The van der Waals surface area contributed by atoms with Gasteiger partial charge in [0.1, 0.15) is 4.92 Å². The lowest BCUT2D eigenvalue weighted by molar-refractivity contribution is -0.402. The number of furan rings is 1. The number of hydrogen-bond donors (Lipinski definition) is 0. The predicted molar refractivity (Wildman–Crippen MR) is 86.3 cm³/mol. The van der Waals surface area contributed by atoms with E-state index >= 15 is 0 Å². The van der Waals surface area contributed by atoms with Gasteiger partial charge < -0.3 is 14.1 Å². The topological polar surface area (TPSA) is 103 Å². The van der Waals surface area contributed by atoms with Gasteiger partial charge in [0.05, 0.1) is 6.07 Å². The Bertz CT molecular complexity index is 773. The van der Waals surface area contributed by atoms with Crippen molar-refractivity contribution in [2.24, 2.45) is 0 Å². The molecule has 2 aromatic rings. The molecule has 1 aromatic heterocycles. The van der Waals surface area contributed by atoms with E-state index in [-0.39, 0.29) is 5.76 Å². The molecule has 9 heteroatoms. The fraction of sp³-hybridized carbons (Fsp3) is 0.200. The first-order valence-electron chi connectivity index (χ1n) is 6.77. The van der Waals surface area contributed by atoms with Gasteiger partial charge in [-0.25, -0.2) is 4.79 Å². The van der Waals surface area contributed by atoms with Gasteiger partial charge in [-0.2, -0.15) is 0 Å². The average molecular weight is 397 g/mol. The summed E-state index contributed by atoms with van der Waals surface area (Å²) in [5, 5.41) is 10.5. The van der Waals surface area contributed by atoms with Crippen LogP contribution in [0.4, 0.5) is 5.88 Å². The summed E-state index contributed by atoms with van der Waals surface area (Å²) in [6, 6.07) is 9.59. The summed E-state index contributed by atoms with van der Waals surface area (Å²) in [6.07, 6.45) is 0. The summed E-state index contributed by atoms with van der Waals surface area (Å²) in [6.45, 7) is -0.154. The molecule has 0 atom stereocenters. The Morgan fingerprint density at radius 2 is 2.00 bits per heavy atom. The van der Waals surface area contributed by atoms with Crippen molar-refractivity contribution in [3.05, 3.63) is 62.3 Å². The number of carbonyl (C=O) groups excluding carboxylic acids is 2. The van der Waals surface area contributed by atoms with Gasteiger partial charge in [0, 0.05) is 18.1 Å². The van der Waals surface area contributed by atoms with Gasteiger partial charge in [-0.15, -0.1) is 0 Å². The number of benzene rings is 1. The second kappa shape index (κ2) is 7.73. The van der Waals surface area contributed by atoms with Crippen molar-refractivity contribution in [1.82, 2.24) is 4.90 Å². The fourth-order valence-electron chi connectivity index (χ4n) is 1.81. The first-order chi connectivity index (χ1) is 11.4. The number of carbonyl (C=O) groups is 2. The molecule has 0 fully saturated rings. The lowest BCUT2D eigenvalue weighted by atomic mass is 10.2. The van der Waals surface area contributed by atoms with E-state index in [0.717, 1.165) is 22.2 Å². The first-order valence-corrected chi connectivity index (χ1v) is 7.56. The molecule has 0 unspecified atom stereocenters. The molecule has 0 aliphatic heterocycles. The molecule has 1 aromatic carbocycles. The number of likely N-dealkylation sites (N-methyl/N-ethyl adjacent to an activating group) is 1. The average Bonchev–Trinajstić information content (AvgIpc) is 3.04. The van der Waals surface area contributed by atoms with E-state index in [1.165, 1.54) is 4.90 Å². The molecule has 0 N–H and O–H groups in total. The van der Waals surface area contributed by atoms with Gasteiger partial charge in [-0.3, -0.25) is 14.9 Å². The van der Waals surface area contributed by atoms with Crippen LogP contribution >= 0.6 is 15.9 Å². The SMILES string of the molecule is CN(Cc1ccccc1Br)C(=O)COC(=O)c1ccc([N+](=O)[O-])o1. The van der Waals surface area contributed by atoms with E-state index in [0.29, 0.717) is 6.54 Å². The molecule has 24 heavy (non-hydrogen) atoms. The molecule has 0 bridgehead atoms. The van der Waals surface area contributed by atoms with Crippen LogP contribution in [0.3, 0.4) is 0 Å². The van der Waals surface area contributed by atoms with Crippen molar-refractivity contribution in [3.8, 4) is 0 Å². The van der Waals surface area contributed by atoms with Crippen LogP contribution in [0.15, 0.2) is 45.3 Å². The van der Waals surface area contributed by atoms with Crippen molar-refractivity contribution in [2.75, 3.05) is 13.7 Å². The highest BCUT2D eigenvalue weighted by molar-refractivity contribution is 9.10. The summed E-state index contributed by atoms with van der Waals surface area (Å²) in [7, 11) is 1.58. The second-order valence-corrected chi connectivity index (χ2v) is 5.67. The molecule has 1 amide bonds. The third-order valence-electron chi connectivity index (χ3n) is 3.09. The third-order valence-corrected chi connectivity index (χ3v) is 3.86. The molecule has 0 radical (unpaired) electrons. The van der Waals surface area contributed by atoms with Crippen LogP contribution in [-0.2, 0) is 16.1 Å². The summed E-state index contributed by atoms with van der Waals surface area (Å²) in [4.78, 5) is 34.8. The monoisotopic (exact) mass is 396 g/mol. The van der Waals surface area contributed by atoms with Crippen LogP contribution in [0, 0.1) is 10.1 Å². The molecule has 1 heterocycles. The number of rotatable bonds is 6. The molecule has 2 rings (SSSR count). The van der Waals surface area contributed by atoms with Crippen molar-refractivity contribution < 1.29 is 23.7 Å². The quantitative estimate of drug-likeness (QED) is 0.422. The minimum Gasteiger partial charge on any atom is -0.450 e. The highest BCUT2D eigenvalue weighted by Crippen LogP contribution is 2.18. The maximum Gasteiger partial charge on any atom is 0.433 e. The van der Waals surface area contributed by atoms with E-state index in [1.54, 1.807) is 7.05 Å². The number of ether oxygens (including phenoxy) is 1. The molecule has 0 aliphatic rings. The molecular formula is C15H13BrN2O6. The highest BCUT2D eigenvalue weighted by atomic mass is 79.9. The number of esters is 1. The number of amides is 1. The molecule has 0 spiro atoms. The summed E-state index contributed by atoms with van der Waals surface area (Å²) in [5.74, 6) is -2.26. The van der Waals surface area contributed by atoms with Gasteiger partial charge >= 0.3 is 11.9 Å². The standard InChI is InChI=1S/C15H13BrN2O6/c1-17(8-10-4-2-3-5-11(10)16)13(19)9-23-15(20)12-6-7-14(24-12)18(21)22/h2-7H,8-9H2,1H3. The number of hydrogen-bond acceptors (Lipinski definition) is 6. The molecule has 126 valence electrons. The molecule has 0 saturated carbocycles. The largest absolute Gasteiger partial charge is 0.450 e. The van der Waals surface area contributed by atoms with Crippen LogP contribution in [-0.4, -0.2) is 35.4 Å². The van der Waals surface area contributed by atoms with Crippen molar-refractivity contribution >= 4 is 33.7 Å². The lowest BCUT2D eigenvalue weighted by Crippen LogP contribution is -2.30. The number of nitrogens with zero attached hydrogens (tertiary/aromatic N) is 2. The molecular weight excluding hydrogens is 384 g/mol. The highest BCUT2D eigenvalue weighted by Gasteiger charge is 2.20. The molecule has 8 nitrogen and oxygen atoms in total. The Hall–Kier alpha value is -2.68. The maximum absolute atomic E-state index is 12.0. The van der Waals surface area contributed by atoms with Gasteiger partial charge in [0.25, 0.3) is 5.91 Å². The van der Waals surface area contributed by atoms with Crippen molar-refractivity contribution in [3.63, 3.8) is 0 Å². The molecule has 0 aliphatic carbocycles. The zero-order valence-corrected chi connectivity index (χ0v) is 14.2. The minimum atomic E-state index is -0.939. The number of nitro groups is 1. The van der Waals surface area contributed by atoms with Gasteiger partial charge in [0.2, 0.25) is 5.76 Å². The molecule has 0 saturated heterocycles. The van der Waals surface area contributed by atoms with E-state index in [1.807, 2.05) is 24.3 Å². The normalized spacial score (nSPS) is 10.2. The minimum absolute atomic E-state index is 0.331. The summed E-state index contributed by atoms with van der Waals surface area (Å²) < 4.78 is 10.4. The van der Waals surface area contributed by atoms with E-state index in [4.69, 9.17) is 9.15 Å². The smallest absolute Gasteiger partial charge is 0.433 e. The number of halogens is 1.